The van der Waals surface area contributed by atoms with E-state index in [-0.39, 0.29) is 10.7 Å². The minimum absolute atomic E-state index is 0.163. The number of aromatic nitrogens is 2. The van der Waals surface area contributed by atoms with Gasteiger partial charge in [0.25, 0.3) is 10.0 Å². The molecular formula is C19H19N3O2SSi. The third kappa shape index (κ3) is 4.28. The Hall–Kier alpha value is -2.69. The van der Waals surface area contributed by atoms with E-state index in [0.717, 1.165) is 5.39 Å². The van der Waals surface area contributed by atoms with E-state index in [1.54, 1.807) is 30.3 Å². The summed E-state index contributed by atoms with van der Waals surface area (Å²) < 4.78 is 28.0. The van der Waals surface area contributed by atoms with Crippen LogP contribution in [0.3, 0.4) is 0 Å². The molecule has 0 fully saturated rings. The SMILES string of the molecule is C[Si](C)(C)C#Cc1ccc(NS(=O)(=O)c2cccc3ccccc23)nn1. The zero-order chi connectivity index (χ0) is 18.8. The van der Waals surface area contributed by atoms with Crippen LogP contribution in [0.25, 0.3) is 10.8 Å². The lowest BCUT2D eigenvalue weighted by atomic mass is 10.1. The summed E-state index contributed by atoms with van der Waals surface area (Å²) in [5, 5.41) is 9.46. The van der Waals surface area contributed by atoms with Crippen LogP contribution in [0.4, 0.5) is 5.82 Å². The molecule has 2 aromatic carbocycles. The Morgan fingerprint density at radius 3 is 2.35 bits per heavy atom. The average molecular weight is 382 g/mol. The first kappa shape index (κ1) is 18.1. The molecule has 0 aliphatic rings. The van der Waals surface area contributed by atoms with Gasteiger partial charge < -0.3 is 0 Å². The summed E-state index contributed by atoms with van der Waals surface area (Å²) in [5.74, 6) is 3.15. The second-order valence-electron chi connectivity index (χ2n) is 6.89. The lowest BCUT2D eigenvalue weighted by Crippen LogP contribution is -2.16. The van der Waals surface area contributed by atoms with Crippen molar-refractivity contribution in [1.82, 2.24) is 10.2 Å². The van der Waals surface area contributed by atoms with Gasteiger partial charge in [0.2, 0.25) is 0 Å². The number of fused-ring (bicyclic) bond motifs is 1. The maximum atomic E-state index is 12.8. The second-order valence-corrected chi connectivity index (χ2v) is 13.3. The first-order valence-corrected chi connectivity index (χ1v) is 13.1. The van der Waals surface area contributed by atoms with Gasteiger partial charge in [0.1, 0.15) is 13.8 Å². The van der Waals surface area contributed by atoms with Crippen molar-refractivity contribution in [3.8, 4) is 11.5 Å². The molecule has 3 rings (SSSR count). The maximum Gasteiger partial charge on any atom is 0.263 e. The van der Waals surface area contributed by atoms with E-state index in [4.69, 9.17) is 0 Å². The molecule has 7 heteroatoms. The van der Waals surface area contributed by atoms with Crippen molar-refractivity contribution >= 4 is 34.7 Å². The molecule has 0 bridgehead atoms. The molecule has 0 radical (unpaired) electrons. The Balaban J connectivity index is 1.89. The molecule has 0 amide bonds. The van der Waals surface area contributed by atoms with Crippen LogP contribution in [0.2, 0.25) is 19.6 Å². The van der Waals surface area contributed by atoms with E-state index in [1.165, 1.54) is 0 Å². The molecule has 0 spiro atoms. The Kier molecular flexibility index (Phi) is 4.81. The highest BCUT2D eigenvalue weighted by molar-refractivity contribution is 7.93. The molecule has 0 saturated carbocycles. The normalized spacial score (nSPS) is 11.7. The van der Waals surface area contributed by atoms with Gasteiger partial charge in [-0.1, -0.05) is 62.0 Å². The highest BCUT2D eigenvalue weighted by Gasteiger charge is 2.18. The molecule has 26 heavy (non-hydrogen) atoms. The van der Waals surface area contributed by atoms with Gasteiger partial charge in [-0.15, -0.1) is 15.7 Å². The summed E-state index contributed by atoms with van der Waals surface area (Å²) in [6.07, 6.45) is 0. The molecule has 132 valence electrons. The molecule has 0 atom stereocenters. The van der Waals surface area contributed by atoms with Crippen LogP contribution in [0.15, 0.2) is 59.5 Å². The number of nitrogens with zero attached hydrogens (tertiary/aromatic N) is 2. The van der Waals surface area contributed by atoms with E-state index in [2.05, 4.69) is 46.0 Å². The lowest BCUT2D eigenvalue weighted by Gasteiger charge is -2.09. The summed E-state index contributed by atoms with van der Waals surface area (Å²) in [7, 11) is -5.27. The number of nitrogens with one attached hydrogen (secondary N) is 1. The summed E-state index contributed by atoms with van der Waals surface area (Å²) >= 11 is 0. The van der Waals surface area contributed by atoms with Crippen LogP contribution in [-0.2, 0) is 10.0 Å². The third-order valence-corrected chi connectivity index (χ3v) is 5.80. The van der Waals surface area contributed by atoms with Gasteiger partial charge in [0.15, 0.2) is 5.82 Å². The number of benzene rings is 2. The zero-order valence-electron chi connectivity index (χ0n) is 14.8. The van der Waals surface area contributed by atoms with Crippen molar-refractivity contribution < 1.29 is 8.42 Å². The Morgan fingerprint density at radius 2 is 1.65 bits per heavy atom. The minimum atomic E-state index is -3.77. The molecule has 0 aliphatic carbocycles. The van der Waals surface area contributed by atoms with Crippen LogP contribution < -0.4 is 4.72 Å². The Bertz CT molecular complexity index is 1100. The number of anilines is 1. The van der Waals surface area contributed by atoms with E-state index < -0.39 is 18.1 Å². The van der Waals surface area contributed by atoms with E-state index in [1.807, 2.05) is 24.3 Å². The van der Waals surface area contributed by atoms with E-state index >= 15 is 0 Å². The summed E-state index contributed by atoms with van der Waals surface area (Å²) in [5.41, 5.74) is 3.73. The topological polar surface area (TPSA) is 72.0 Å². The quantitative estimate of drug-likeness (QED) is 0.555. The maximum absolute atomic E-state index is 12.8. The summed E-state index contributed by atoms with van der Waals surface area (Å²) in [4.78, 5) is 0.208. The van der Waals surface area contributed by atoms with Crippen LogP contribution in [0, 0.1) is 11.5 Å². The fourth-order valence-electron chi connectivity index (χ4n) is 2.33. The Morgan fingerprint density at radius 1 is 0.923 bits per heavy atom. The number of hydrogen-bond donors (Lipinski definition) is 1. The highest BCUT2D eigenvalue weighted by Crippen LogP contribution is 2.24. The van der Waals surface area contributed by atoms with Crippen molar-refractivity contribution in [3.05, 3.63) is 60.3 Å². The molecule has 5 nitrogen and oxygen atoms in total. The molecule has 1 aromatic heterocycles. The second kappa shape index (κ2) is 6.90. The third-order valence-electron chi connectivity index (χ3n) is 3.51. The van der Waals surface area contributed by atoms with E-state index in [9.17, 15) is 8.42 Å². The molecule has 0 saturated heterocycles. The van der Waals surface area contributed by atoms with Crippen molar-refractivity contribution in [1.29, 1.82) is 0 Å². The largest absolute Gasteiger partial charge is 0.263 e. The van der Waals surface area contributed by atoms with Crippen LogP contribution >= 0.6 is 0 Å². The first-order chi connectivity index (χ1) is 12.2. The van der Waals surface area contributed by atoms with Gasteiger partial charge in [0.05, 0.1) is 4.90 Å². The minimum Gasteiger partial charge on any atom is -0.262 e. The molecule has 1 heterocycles. The fourth-order valence-corrected chi connectivity index (χ4v) is 4.06. The molecule has 0 aliphatic heterocycles. The van der Waals surface area contributed by atoms with Crippen molar-refractivity contribution in [3.63, 3.8) is 0 Å². The van der Waals surface area contributed by atoms with E-state index in [0.29, 0.717) is 11.1 Å². The van der Waals surface area contributed by atoms with Crippen LogP contribution in [-0.4, -0.2) is 26.7 Å². The highest BCUT2D eigenvalue weighted by atomic mass is 32.2. The smallest absolute Gasteiger partial charge is 0.262 e. The molecule has 1 N–H and O–H groups in total. The summed E-state index contributed by atoms with van der Waals surface area (Å²) in [6.45, 7) is 6.42. The van der Waals surface area contributed by atoms with Gasteiger partial charge in [-0.2, -0.15) is 0 Å². The predicted octanol–water partition coefficient (Wildman–Crippen LogP) is 3.66. The monoisotopic (exact) mass is 381 g/mol. The van der Waals surface area contributed by atoms with Crippen molar-refractivity contribution in [2.45, 2.75) is 24.5 Å². The van der Waals surface area contributed by atoms with Gasteiger partial charge in [0, 0.05) is 5.39 Å². The molecular weight excluding hydrogens is 362 g/mol. The summed E-state index contributed by atoms with van der Waals surface area (Å²) in [6, 6.07) is 15.8. The average Bonchev–Trinajstić information content (AvgIpc) is 2.59. The first-order valence-electron chi connectivity index (χ1n) is 8.12. The number of sulfonamides is 1. The number of hydrogen-bond acceptors (Lipinski definition) is 4. The predicted molar refractivity (Wildman–Crippen MR) is 107 cm³/mol. The lowest BCUT2D eigenvalue weighted by molar-refractivity contribution is 0.601. The molecule has 3 aromatic rings. The number of rotatable bonds is 3. The van der Waals surface area contributed by atoms with Gasteiger partial charge in [-0.3, -0.25) is 4.72 Å². The van der Waals surface area contributed by atoms with Gasteiger partial charge in [-0.05, 0) is 23.6 Å². The standard InChI is InChI=1S/C19H19N3O2SSi/c1-26(2,3)14-13-16-11-12-19(21-20-16)22-25(23,24)18-10-6-8-15-7-4-5-9-17(15)18/h4-12H,1-3H3,(H,21,22). The Labute approximate surface area is 154 Å². The van der Waals surface area contributed by atoms with Crippen LogP contribution in [0.5, 0.6) is 0 Å². The van der Waals surface area contributed by atoms with Crippen molar-refractivity contribution in [2.24, 2.45) is 0 Å². The van der Waals surface area contributed by atoms with Crippen molar-refractivity contribution in [2.75, 3.05) is 4.72 Å². The fraction of sp³-hybridized carbons (Fsp3) is 0.158. The molecule has 0 unspecified atom stereocenters. The van der Waals surface area contributed by atoms with Gasteiger partial charge in [-0.25, -0.2) is 8.42 Å². The van der Waals surface area contributed by atoms with Crippen LogP contribution in [0.1, 0.15) is 5.69 Å². The van der Waals surface area contributed by atoms with Gasteiger partial charge >= 0.3 is 0 Å². The zero-order valence-corrected chi connectivity index (χ0v) is 16.6.